The SMILES string of the molecule is CC(C)CNC(=O)CNC1CCCOc2cc(Br)ccc21. The van der Waals surface area contributed by atoms with Gasteiger partial charge in [0.2, 0.25) is 5.91 Å². The van der Waals surface area contributed by atoms with Crippen molar-refractivity contribution in [3.63, 3.8) is 0 Å². The van der Waals surface area contributed by atoms with Crippen LogP contribution in [-0.4, -0.2) is 25.6 Å². The highest BCUT2D eigenvalue weighted by Crippen LogP contribution is 2.33. The van der Waals surface area contributed by atoms with Gasteiger partial charge in [0.1, 0.15) is 5.75 Å². The number of carbonyl (C=O) groups excluding carboxylic acids is 1. The summed E-state index contributed by atoms with van der Waals surface area (Å²) in [4.78, 5) is 11.8. The van der Waals surface area contributed by atoms with E-state index in [-0.39, 0.29) is 11.9 Å². The van der Waals surface area contributed by atoms with Gasteiger partial charge in [0.25, 0.3) is 0 Å². The molecule has 1 atom stereocenters. The smallest absolute Gasteiger partial charge is 0.233 e. The van der Waals surface area contributed by atoms with E-state index in [1.807, 2.05) is 12.1 Å². The van der Waals surface area contributed by atoms with Crippen LogP contribution in [0, 0.1) is 5.92 Å². The predicted molar refractivity (Wildman–Crippen MR) is 87.5 cm³/mol. The first-order valence-electron chi connectivity index (χ1n) is 7.48. The largest absolute Gasteiger partial charge is 0.493 e. The maximum absolute atomic E-state index is 11.8. The molecule has 1 unspecified atom stereocenters. The minimum absolute atomic E-state index is 0.0486. The molecule has 0 aliphatic carbocycles. The van der Waals surface area contributed by atoms with Gasteiger partial charge in [-0.3, -0.25) is 4.79 Å². The van der Waals surface area contributed by atoms with Crippen molar-refractivity contribution in [1.29, 1.82) is 0 Å². The Morgan fingerprint density at radius 3 is 3.05 bits per heavy atom. The minimum Gasteiger partial charge on any atom is -0.493 e. The number of amides is 1. The van der Waals surface area contributed by atoms with Crippen LogP contribution in [0.2, 0.25) is 0 Å². The van der Waals surface area contributed by atoms with Crippen molar-refractivity contribution in [3.8, 4) is 5.75 Å². The van der Waals surface area contributed by atoms with E-state index in [0.29, 0.717) is 12.5 Å². The maximum atomic E-state index is 11.8. The molecule has 4 nitrogen and oxygen atoms in total. The number of hydrogen-bond donors (Lipinski definition) is 2. The molecule has 1 heterocycles. The normalized spacial score (nSPS) is 17.8. The molecule has 0 saturated heterocycles. The van der Waals surface area contributed by atoms with Crippen LogP contribution in [0.3, 0.4) is 0 Å². The Kier molecular flexibility index (Phi) is 6.06. The summed E-state index contributed by atoms with van der Waals surface area (Å²) >= 11 is 3.47. The lowest BCUT2D eigenvalue weighted by atomic mass is 10.0. The molecule has 2 N–H and O–H groups in total. The molecule has 1 aromatic rings. The number of rotatable bonds is 5. The molecule has 0 aromatic heterocycles. The van der Waals surface area contributed by atoms with Gasteiger partial charge in [-0.2, -0.15) is 0 Å². The van der Waals surface area contributed by atoms with Gasteiger partial charge in [-0.1, -0.05) is 35.8 Å². The predicted octanol–water partition coefficient (Wildman–Crippen LogP) is 3.02. The van der Waals surface area contributed by atoms with Gasteiger partial charge in [-0.05, 0) is 30.9 Å². The van der Waals surface area contributed by atoms with Gasteiger partial charge in [-0.15, -0.1) is 0 Å². The summed E-state index contributed by atoms with van der Waals surface area (Å²) in [6, 6.07) is 6.24. The summed E-state index contributed by atoms with van der Waals surface area (Å²) < 4.78 is 6.79. The summed E-state index contributed by atoms with van der Waals surface area (Å²) in [6.07, 6.45) is 1.96. The molecule has 1 aliphatic rings. The average Bonchev–Trinajstić information content (AvgIpc) is 2.64. The molecule has 5 heteroatoms. The van der Waals surface area contributed by atoms with Crippen LogP contribution >= 0.6 is 15.9 Å². The molecule has 21 heavy (non-hydrogen) atoms. The molecule has 2 rings (SSSR count). The lowest BCUT2D eigenvalue weighted by molar-refractivity contribution is -0.120. The Balaban J connectivity index is 1.96. The number of halogens is 1. The van der Waals surface area contributed by atoms with Crippen molar-refractivity contribution in [1.82, 2.24) is 10.6 Å². The number of fused-ring (bicyclic) bond motifs is 1. The van der Waals surface area contributed by atoms with E-state index in [0.717, 1.165) is 41.8 Å². The average molecular weight is 355 g/mol. The zero-order chi connectivity index (χ0) is 15.2. The van der Waals surface area contributed by atoms with Crippen molar-refractivity contribution in [3.05, 3.63) is 28.2 Å². The first kappa shape index (κ1) is 16.3. The minimum atomic E-state index is 0.0486. The highest BCUT2D eigenvalue weighted by atomic mass is 79.9. The summed E-state index contributed by atoms with van der Waals surface area (Å²) in [5.41, 5.74) is 1.13. The second-order valence-electron chi connectivity index (χ2n) is 5.80. The highest BCUT2D eigenvalue weighted by Gasteiger charge is 2.20. The molecule has 0 bridgehead atoms. The van der Waals surface area contributed by atoms with Crippen LogP contribution in [0.15, 0.2) is 22.7 Å². The second-order valence-corrected chi connectivity index (χ2v) is 6.72. The van der Waals surface area contributed by atoms with Gasteiger partial charge in [0.05, 0.1) is 13.2 Å². The number of nitrogens with one attached hydrogen (secondary N) is 2. The number of ether oxygens (including phenoxy) is 1. The topological polar surface area (TPSA) is 50.4 Å². The third kappa shape index (κ3) is 5.00. The van der Waals surface area contributed by atoms with Crippen molar-refractivity contribution >= 4 is 21.8 Å². The Labute approximate surface area is 134 Å². The molecule has 0 saturated carbocycles. The molecule has 116 valence electrons. The Morgan fingerprint density at radius 1 is 1.48 bits per heavy atom. The van der Waals surface area contributed by atoms with E-state index in [1.54, 1.807) is 0 Å². The Hall–Kier alpha value is -1.07. The fourth-order valence-electron chi connectivity index (χ4n) is 2.35. The van der Waals surface area contributed by atoms with E-state index < -0.39 is 0 Å². The zero-order valence-electron chi connectivity index (χ0n) is 12.6. The third-order valence-electron chi connectivity index (χ3n) is 3.46. The molecule has 1 aromatic carbocycles. The lowest BCUT2D eigenvalue weighted by Gasteiger charge is -2.18. The quantitative estimate of drug-likeness (QED) is 0.854. The molecule has 1 amide bonds. The summed E-state index contributed by atoms with van der Waals surface area (Å²) in [5.74, 6) is 1.42. The van der Waals surface area contributed by atoms with Crippen LogP contribution in [0.25, 0.3) is 0 Å². The van der Waals surface area contributed by atoms with E-state index in [4.69, 9.17) is 4.74 Å². The van der Waals surface area contributed by atoms with E-state index in [9.17, 15) is 4.79 Å². The van der Waals surface area contributed by atoms with Gasteiger partial charge >= 0.3 is 0 Å². The standard InChI is InChI=1S/C16H23BrN2O2/c1-11(2)9-19-16(20)10-18-14-4-3-7-21-15-8-12(17)5-6-13(14)15/h5-6,8,11,14,18H,3-4,7,9-10H2,1-2H3,(H,19,20). The van der Waals surface area contributed by atoms with Gasteiger partial charge in [0, 0.05) is 22.6 Å². The maximum Gasteiger partial charge on any atom is 0.233 e. The van der Waals surface area contributed by atoms with Crippen LogP contribution in [0.5, 0.6) is 5.75 Å². The van der Waals surface area contributed by atoms with Crippen LogP contribution in [0.1, 0.15) is 38.3 Å². The molecule has 0 fully saturated rings. The fraction of sp³-hybridized carbons (Fsp3) is 0.562. The first-order valence-corrected chi connectivity index (χ1v) is 8.28. The third-order valence-corrected chi connectivity index (χ3v) is 3.96. The van der Waals surface area contributed by atoms with E-state index >= 15 is 0 Å². The molecule has 1 aliphatic heterocycles. The van der Waals surface area contributed by atoms with Crippen molar-refractivity contribution in [2.24, 2.45) is 5.92 Å². The van der Waals surface area contributed by atoms with Crippen molar-refractivity contribution < 1.29 is 9.53 Å². The van der Waals surface area contributed by atoms with Gasteiger partial charge < -0.3 is 15.4 Å². The van der Waals surface area contributed by atoms with Gasteiger partial charge in [-0.25, -0.2) is 0 Å². The van der Waals surface area contributed by atoms with Gasteiger partial charge in [0.15, 0.2) is 0 Å². The second kappa shape index (κ2) is 7.80. The van der Waals surface area contributed by atoms with Crippen LogP contribution in [0.4, 0.5) is 0 Å². The summed E-state index contributed by atoms with van der Waals surface area (Å²) in [7, 11) is 0. The molecule has 0 spiro atoms. The van der Waals surface area contributed by atoms with Crippen LogP contribution in [-0.2, 0) is 4.79 Å². The summed E-state index contributed by atoms with van der Waals surface area (Å²) in [6.45, 7) is 5.96. The van der Waals surface area contributed by atoms with E-state index in [1.165, 1.54) is 0 Å². The zero-order valence-corrected chi connectivity index (χ0v) is 14.2. The number of hydrogen-bond acceptors (Lipinski definition) is 3. The summed E-state index contributed by atoms with van der Waals surface area (Å²) in [5, 5.41) is 6.28. The van der Waals surface area contributed by atoms with Crippen LogP contribution < -0.4 is 15.4 Å². The van der Waals surface area contributed by atoms with Crippen molar-refractivity contribution in [2.75, 3.05) is 19.7 Å². The molecular weight excluding hydrogens is 332 g/mol. The van der Waals surface area contributed by atoms with E-state index in [2.05, 4.69) is 46.5 Å². The fourth-order valence-corrected chi connectivity index (χ4v) is 2.69. The Morgan fingerprint density at radius 2 is 2.29 bits per heavy atom. The van der Waals surface area contributed by atoms with Crippen molar-refractivity contribution in [2.45, 2.75) is 32.7 Å². The number of benzene rings is 1. The molecule has 0 radical (unpaired) electrons. The number of carbonyl (C=O) groups is 1. The Bertz CT molecular complexity index is 491. The molecular formula is C16H23BrN2O2. The first-order chi connectivity index (χ1) is 10.1. The lowest BCUT2D eigenvalue weighted by Crippen LogP contribution is -2.37. The monoisotopic (exact) mass is 354 g/mol. The highest BCUT2D eigenvalue weighted by molar-refractivity contribution is 9.10.